The number of rotatable bonds is 23. The lowest BCUT2D eigenvalue weighted by atomic mass is 10.2. The largest absolute Gasteiger partial charge is 0.417 e. The summed E-state index contributed by atoms with van der Waals surface area (Å²) in [5.74, 6) is 0.206. The van der Waals surface area contributed by atoms with E-state index >= 15 is 0 Å². The van der Waals surface area contributed by atoms with Gasteiger partial charge in [-0.05, 0) is 68.5 Å². The van der Waals surface area contributed by atoms with Crippen LogP contribution >= 0.6 is 0 Å². The molecule has 340 valence electrons. The third-order valence-electron chi connectivity index (χ3n) is 9.63. The molecule has 0 aliphatic carbocycles. The molecule has 18 heteroatoms. The highest BCUT2D eigenvalue weighted by atomic mass is 16.2. The first kappa shape index (κ1) is 51.6. The minimum atomic E-state index is -0.218. The highest BCUT2D eigenvalue weighted by Crippen LogP contribution is 2.38. The lowest BCUT2D eigenvalue weighted by molar-refractivity contribution is -0.115. The Kier molecular flexibility index (Phi) is 21.8. The quantitative estimate of drug-likeness (QED) is 0.0427. The summed E-state index contributed by atoms with van der Waals surface area (Å²) in [7, 11) is 0. The van der Waals surface area contributed by atoms with Crippen LogP contribution in [0, 0.1) is 26.3 Å². The van der Waals surface area contributed by atoms with Crippen molar-refractivity contribution in [3.8, 4) is 0 Å². The number of aromatic nitrogens is 4. The monoisotopic (exact) mass is 881 g/mol. The van der Waals surface area contributed by atoms with E-state index in [2.05, 4.69) is 111 Å². The molecule has 0 atom stereocenters. The predicted molar refractivity (Wildman–Crippen MR) is 259 cm³/mol. The van der Waals surface area contributed by atoms with Gasteiger partial charge in [0.2, 0.25) is 11.8 Å². The van der Waals surface area contributed by atoms with E-state index in [0.717, 1.165) is 88.9 Å². The fourth-order valence-electron chi connectivity index (χ4n) is 6.55. The van der Waals surface area contributed by atoms with E-state index in [9.17, 15) is 9.59 Å². The number of allylic oxidation sites excluding steroid dienone is 1. The molecule has 0 radical (unpaired) electrons. The van der Waals surface area contributed by atoms with Crippen LogP contribution < -0.4 is 20.4 Å². The van der Waals surface area contributed by atoms with E-state index in [1.807, 2.05) is 30.3 Å². The number of anilines is 4. The zero-order valence-corrected chi connectivity index (χ0v) is 38.7. The summed E-state index contributed by atoms with van der Waals surface area (Å²) < 4.78 is 3.12. The van der Waals surface area contributed by atoms with Crippen molar-refractivity contribution in [1.82, 2.24) is 19.1 Å². The lowest BCUT2D eigenvalue weighted by Crippen LogP contribution is -2.25. The van der Waals surface area contributed by atoms with Gasteiger partial charge in [-0.25, -0.2) is 9.13 Å². The lowest BCUT2D eigenvalue weighted by Gasteiger charge is -2.25. The van der Waals surface area contributed by atoms with Crippen molar-refractivity contribution in [2.24, 2.45) is 20.5 Å². The molecular formula is C47H60N16O2. The maximum Gasteiger partial charge on any atom is 0.417 e. The van der Waals surface area contributed by atoms with E-state index in [-0.39, 0.29) is 53.5 Å². The first-order valence-electron chi connectivity index (χ1n) is 22.0. The number of unbranched alkanes of at least 4 members (excludes halogenated alkanes) is 3. The van der Waals surface area contributed by atoms with E-state index in [1.54, 1.807) is 16.7 Å². The van der Waals surface area contributed by atoms with Crippen LogP contribution in [-0.2, 0) is 22.7 Å². The van der Waals surface area contributed by atoms with Crippen molar-refractivity contribution in [2.45, 2.75) is 113 Å². The molecule has 0 fully saturated rings. The summed E-state index contributed by atoms with van der Waals surface area (Å²) >= 11 is 0. The Labute approximate surface area is 383 Å². The molecule has 0 aliphatic rings. The van der Waals surface area contributed by atoms with Crippen molar-refractivity contribution >= 4 is 81.1 Å². The van der Waals surface area contributed by atoms with Crippen molar-refractivity contribution in [3.63, 3.8) is 0 Å². The summed E-state index contributed by atoms with van der Waals surface area (Å²) in [4.78, 5) is 50.1. The molecule has 2 amide bonds. The molecule has 18 nitrogen and oxygen atoms in total. The van der Waals surface area contributed by atoms with Crippen LogP contribution in [0.4, 0.5) is 69.3 Å². The summed E-state index contributed by atoms with van der Waals surface area (Å²) in [5.41, 5.74) is 4.06. The zero-order valence-electron chi connectivity index (χ0n) is 38.7. The molecule has 65 heavy (non-hydrogen) atoms. The van der Waals surface area contributed by atoms with Crippen LogP contribution in [0.25, 0.3) is 19.4 Å². The van der Waals surface area contributed by atoms with Gasteiger partial charge in [0, 0.05) is 51.4 Å². The molecule has 0 aliphatic heterocycles. The number of imidazole rings is 2. The molecule has 2 aromatic carbocycles. The van der Waals surface area contributed by atoms with Gasteiger partial charge in [0.25, 0.3) is 23.3 Å². The van der Waals surface area contributed by atoms with E-state index < -0.39 is 0 Å². The molecule has 2 aromatic heterocycles. The van der Waals surface area contributed by atoms with Crippen LogP contribution in [0.15, 0.2) is 69.5 Å². The van der Waals surface area contributed by atoms with Gasteiger partial charge in [-0.15, -0.1) is 10.2 Å². The number of amides is 2. The van der Waals surface area contributed by atoms with Gasteiger partial charge in [0.15, 0.2) is 0 Å². The number of carbonyl (C=O) groups excluding carboxylic acids is 2. The minimum Gasteiger partial charge on any atom is -0.373 e. The summed E-state index contributed by atoms with van der Waals surface area (Å²) in [5, 5.41) is 22.7. The first-order chi connectivity index (χ1) is 31.5. The van der Waals surface area contributed by atoms with E-state index in [1.165, 1.54) is 18.4 Å². The van der Waals surface area contributed by atoms with Gasteiger partial charge < -0.3 is 39.8 Å². The van der Waals surface area contributed by atoms with E-state index in [0.29, 0.717) is 29.3 Å². The zero-order chi connectivity index (χ0) is 47.7. The van der Waals surface area contributed by atoms with Gasteiger partial charge in [-0.1, -0.05) is 113 Å². The Hall–Kier alpha value is -7.70. The molecule has 2 N–H and O–H groups in total. The highest BCUT2D eigenvalue weighted by molar-refractivity contribution is 5.93. The number of nitrogens with zero attached hydrogens (tertiary/aromatic N) is 14. The summed E-state index contributed by atoms with van der Waals surface area (Å²) in [6.45, 7) is 51.1. The second-order valence-corrected chi connectivity index (χ2v) is 14.8. The summed E-state index contributed by atoms with van der Waals surface area (Å²) in [6, 6.07) is 11.4. The van der Waals surface area contributed by atoms with Gasteiger partial charge in [0.1, 0.15) is 11.4 Å². The van der Waals surface area contributed by atoms with Crippen molar-refractivity contribution in [1.29, 1.82) is 0 Å². The molecule has 4 rings (SSSR count). The molecule has 2 heterocycles. The fraction of sp³-hybridized carbons (Fsp3) is 0.447. The topological polar surface area (TPSA) is 167 Å². The Morgan fingerprint density at radius 3 is 1.45 bits per heavy atom. The fourth-order valence-corrected chi connectivity index (χ4v) is 6.55. The van der Waals surface area contributed by atoms with Gasteiger partial charge in [-0.3, -0.25) is 9.59 Å². The number of azo groups is 2. The molecule has 0 saturated heterocycles. The number of benzene rings is 2. The maximum absolute atomic E-state index is 11.9. The Balaban J connectivity index is 0.000000347. The maximum atomic E-state index is 11.9. The molecule has 0 spiro atoms. The number of carbonyl (C=O) groups is 2. The van der Waals surface area contributed by atoms with Crippen LogP contribution in [0.2, 0.25) is 0 Å². The smallest absolute Gasteiger partial charge is 0.373 e. The number of nitrogens with one attached hydrogen (secondary N) is 2. The van der Waals surface area contributed by atoms with Gasteiger partial charge in [-0.2, -0.15) is 0 Å². The predicted octanol–water partition coefficient (Wildman–Crippen LogP) is 13.7. The van der Waals surface area contributed by atoms with Crippen LogP contribution in [0.1, 0.15) is 99.8 Å². The van der Waals surface area contributed by atoms with Crippen LogP contribution in [0.3, 0.4) is 0 Å². The number of hydrogen-bond acceptors (Lipinski definition) is 10. The molecule has 0 saturated carbocycles. The third-order valence-corrected chi connectivity index (χ3v) is 9.63. The third kappa shape index (κ3) is 15.0. The Bertz CT molecular complexity index is 2460. The molecule has 0 unspecified atom stereocenters. The minimum absolute atomic E-state index is 0.0278. The first-order valence-corrected chi connectivity index (χ1v) is 22.0. The van der Waals surface area contributed by atoms with Crippen molar-refractivity contribution < 1.29 is 9.59 Å². The standard InChI is InChI=1S/C25H34N8O.C22H26N8O/c1-7-10-15-32(16-11-8-2)20-13-14-21(22(18-20)28-19(4)34)30-31-25-29-23(26-5)24(27-6)33(25)17-12-9-3;1-7-12-29(13-8-2)17-10-11-18(19(15-17)25-16(4)31)27-28-22-26-20(23-5)21(24-6)30(22)14-9-3/h13-14,18H,7-12,15-17H2,1-4H3,(H,28,34);9-11,15H,3,7-8,12-14H2,1-2,4H3,(H,25,31). The molecule has 4 aromatic rings. The van der Waals surface area contributed by atoms with Crippen molar-refractivity contribution in [3.05, 3.63) is 94.7 Å². The average molecular weight is 881 g/mol. The Morgan fingerprint density at radius 2 is 1.06 bits per heavy atom. The SMILES string of the molecule is [C-]#[N+]c1nc(N=Nc2ccc(N(CCC)CCC)cc2NC(C)=O)n(CC=C)c1[N+]#[C-].[C-]#[N+]c1nc(N=Nc2ccc(N(CCCC)CCCC)cc2NC(C)=O)n(CCCC)c1[N+]#[C-]. The van der Waals surface area contributed by atoms with Crippen LogP contribution in [0.5, 0.6) is 0 Å². The number of hydrogen-bond donors (Lipinski definition) is 2. The second-order valence-electron chi connectivity index (χ2n) is 14.8. The van der Waals surface area contributed by atoms with Gasteiger partial charge in [0.05, 0.1) is 24.5 Å². The normalized spacial score (nSPS) is 10.6. The molecular weight excluding hydrogens is 821 g/mol. The second kappa shape index (κ2) is 27.4. The van der Waals surface area contributed by atoms with Crippen LogP contribution in [-0.4, -0.2) is 57.1 Å². The summed E-state index contributed by atoms with van der Waals surface area (Å²) in [6.07, 6.45) is 9.77. The van der Waals surface area contributed by atoms with Gasteiger partial charge >= 0.3 is 11.9 Å². The molecule has 0 bridgehead atoms. The van der Waals surface area contributed by atoms with Crippen molar-refractivity contribution in [2.75, 3.05) is 46.6 Å². The highest BCUT2D eigenvalue weighted by Gasteiger charge is 2.23. The van der Waals surface area contributed by atoms with E-state index in [4.69, 9.17) is 26.3 Å². The average Bonchev–Trinajstić information content (AvgIpc) is 3.83. The Morgan fingerprint density at radius 1 is 0.631 bits per heavy atom.